The van der Waals surface area contributed by atoms with Gasteiger partial charge in [-0.3, -0.25) is 24.2 Å². The van der Waals surface area contributed by atoms with Gasteiger partial charge in [-0.15, -0.1) is 0 Å². The van der Waals surface area contributed by atoms with Crippen molar-refractivity contribution in [1.82, 2.24) is 15.6 Å². The molecular weight excluding hydrogens is 479 g/mol. The highest BCUT2D eigenvalue weighted by atomic mass is 35.5. The van der Waals surface area contributed by atoms with Gasteiger partial charge in [-0.2, -0.15) is 0 Å². The van der Waals surface area contributed by atoms with Crippen molar-refractivity contribution < 1.29 is 23.6 Å². The maximum atomic E-state index is 14.1. The molecule has 2 aromatic rings. The van der Waals surface area contributed by atoms with Crippen molar-refractivity contribution in [2.75, 3.05) is 18.1 Å². The Bertz CT molecular complexity index is 1200. The third-order valence-electron chi connectivity index (χ3n) is 5.91. The van der Waals surface area contributed by atoms with E-state index in [4.69, 9.17) is 23.1 Å². The van der Waals surface area contributed by atoms with Crippen LogP contribution in [0.2, 0.25) is 5.02 Å². The summed E-state index contributed by atoms with van der Waals surface area (Å²) in [5, 5.41) is 4.04. The van der Waals surface area contributed by atoms with Crippen molar-refractivity contribution in [3.05, 3.63) is 63.9 Å². The summed E-state index contributed by atoms with van der Waals surface area (Å²) in [6.45, 7) is -0.451. The van der Waals surface area contributed by atoms with Gasteiger partial charge in [0.2, 0.25) is 23.6 Å². The Hall–Kier alpha value is -3.70. The molecule has 1 aliphatic carbocycles. The van der Waals surface area contributed by atoms with E-state index in [0.29, 0.717) is 11.3 Å². The molecule has 0 saturated heterocycles. The SMILES string of the molecule is NC(=O)c1ccc2c(c1)C(C(N)=O)NN2CC(=O)N(CC(=O)NCc1cccc(Cl)c1F)C1CC1. The number of anilines is 1. The smallest absolute Gasteiger partial charge is 0.248 e. The summed E-state index contributed by atoms with van der Waals surface area (Å²) in [5.41, 5.74) is 15.1. The van der Waals surface area contributed by atoms with Crippen LogP contribution >= 0.6 is 11.6 Å². The van der Waals surface area contributed by atoms with Gasteiger partial charge in [0.15, 0.2) is 0 Å². The third-order valence-corrected chi connectivity index (χ3v) is 6.20. The topological polar surface area (TPSA) is 151 Å². The van der Waals surface area contributed by atoms with Gasteiger partial charge in [0.1, 0.15) is 18.4 Å². The minimum absolute atomic E-state index is 0.0397. The second kappa shape index (κ2) is 9.88. The van der Waals surface area contributed by atoms with E-state index in [1.54, 1.807) is 12.1 Å². The van der Waals surface area contributed by atoms with Crippen molar-refractivity contribution in [2.45, 2.75) is 31.5 Å². The predicted octanol–water partition coefficient (Wildman–Crippen LogP) is 0.736. The number of hydrogen-bond acceptors (Lipinski definition) is 6. The number of nitrogens with zero attached hydrogens (tertiary/aromatic N) is 2. The number of amides is 4. The van der Waals surface area contributed by atoms with Crippen molar-refractivity contribution in [3.8, 4) is 0 Å². The van der Waals surface area contributed by atoms with Gasteiger partial charge in [0, 0.05) is 29.3 Å². The molecule has 6 N–H and O–H groups in total. The van der Waals surface area contributed by atoms with Crippen LogP contribution in [0.25, 0.3) is 0 Å². The number of primary amides is 2. The maximum Gasteiger partial charge on any atom is 0.248 e. The number of carbonyl (C=O) groups is 4. The van der Waals surface area contributed by atoms with Gasteiger partial charge in [-0.1, -0.05) is 23.7 Å². The van der Waals surface area contributed by atoms with E-state index in [1.807, 2.05) is 0 Å². The van der Waals surface area contributed by atoms with Crippen LogP contribution < -0.4 is 27.2 Å². The van der Waals surface area contributed by atoms with Crippen molar-refractivity contribution in [3.63, 3.8) is 0 Å². The van der Waals surface area contributed by atoms with Crippen molar-refractivity contribution >= 4 is 40.9 Å². The van der Waals surface area contributed by atoms with E-state index in [-0.39, 0.29) is 47.7 Å². The molecule has 1 aliphatic heterocycles. The maximum absolute atomic E-state index is 14.1. The van der Waals surface area contributed by atoms with Crippen LogP contribution in [0.3, 0.4) is 0 Å². The molecule has 4 amide bonds. The molecule has 1 unspecified atom stereocenters. The number of hydrazine groups is 1. The molecule has 1 fully saturated rings. The highest BCUT2D eigenvalue weighted by Crippen LogP contribution is 2.34. The molecule has 12 heteroatoms. The Morgan fingerprint density at radius 2 is 1.91 bits per heavy atom. The van der Waals surface area contributed by atoms with Gasteiger partial charge in [0.05, 0.1) is 17.3 Å². The monoisotopic (exact) mass is 502 g/mol. The molecule has 0 spiro atoms. The Labute approximate surface area is 205 Å². The standard InChI is InChI=1S/C23H24ClFN6O4/c24-16-3-1-2-13(20(16)25)9-28-18(32)10-30(14-5-6-14)19(33)11-31-17-7-4-12(22(26)34)8-15(17)21(29-31)23(27)35/h1-4,7-8,14,21,29H,5-6,9-11H2,(H2,26,34)(H2,27,35)(H,28,32). The molecule has 0 bridgehead atoms. The molecule has 1 heterocycles. The molecule has 10 nitrogen and oxygen atoms in total. The highest BCUT2D eigenvalue weighted by molar-refractivity contribution is 6.30. The largest absolute Gasteiger partial charge is 0.368 e. The average molecular weight is 503 g/mol. The lowest BCUT2D eigenvalue weighted by Crippen LogP contribution is -2.49. The van der Waals surface area contributed by atoms with Crippen molar-refractivity contribution in [1.29, 1.82) is 0 Å². The zero-order valence-corrected chi connectivity index (χ0v) is 19.3. The fourth-order valence-corrected chi connectivity index (χ4v) is 4.14. The summed E-state index contributed by atoms with van der Waals surface area (Å²) in [7, 11) is 0. The van der Waals surface area contributed by atoms with Gasteiger partial charge in [-0.25, -0.2) is 9.82 Å². The fraction of sp³-hybridized carbons (Fsp3) is 0.304. The number of nitrogens with two attached hydrogens (primary N) is 2. The number of carbonyl (C=O) groups excluding carboxylic acids is 4. The Kier molecular flexibility index (Phi) is 6.90. The van der Waals surface area contributed by atoms with Gasteiger partial charge in [0.25, 0.3) is 0 Å². The van der Waals surface area contributed by atoms with E-state index in [0.717, 1.165) is 12.8 Å². The molecule has 1 atom stereocenters. The Balaban J connectivity index is 1.43. The number of hydrogen-bond donors (Lipinski definition) is 4. The molecule has 0 radical (unpaired) electrons. The molecule has 4 rings (SSSR count). The Morgan fingerprint density at radius 3 is 2.57 bits per heavy atom. The minimum atomic E-state index is -0.942. The van der Waals surface area contributed by atoms with Crippen molar-refractivity contribution in [2.24, 2.45) is 11.5 Å². The van der Waals surface area contributed by atoms with E-state index in [1.165, 1.54) is 34.2 Å². The normalized spacial score (nSPS) is 16.5. The van der Waals surface area contributed by atoms with Gasteiger partial charge in [-0.05, 0) is 37.1 Å². The second-order valence-electron chi connectivity index (χ2n) is 8.43. The van der Waals surface area contributed by atoms with Crippen LogP contribution in [-0.4, -0.2) is 47.7 Å². The summed E-state index contributed by atoms with van der Waals surface area (Å²) in [5.74, 6) is -2.74. The zero-order chi connectivity index (χ0) is 25.3. The zero-order valence-electron chi connectivity index (χ0n) is 18.6. The lowest BCUT2D eigenvalue weighted by molar-refractivity contribution is -0.135. The first-order chi connectivity index (χ1) is 16.7. The predicted molar refractivity (Wildman–Crippen MR) is 125 cm³/mol. The molecule has 2 aliphatic rings. The van der Waals surface area contributed by atoms with Gasteiger partial charge >= 0.3 is 0 Å². The number of benzene rings is 2. The lowest BCUT2D eigenvalue weighted by atomic mass is 10.0. The number of halogens is 2. The summed E-state index contributed by atoms with van der Waals surface area (Å²) in [4.78, 5) is 50.6. The average Bonchev–Trinajstić information content (AvgIpc) is 3.59. The van der Waals surface area contributed by atoms with Crippen LogP contribution in [0.5, 0.6) is 0 Å². The van der Waals surface area contributed by atoms with E-state index < -0.39 is 29.6 Å². The molecule has 35 heavy (non-hydrogen) atoms. The number of rotatable bonds is 9. The van der Waals surface area contributed by atoms with Crippen LogP contribution in [0.15, 0.2) is 36.4 Å². The lowest BCUT2D eigenvalue weighted by Gasteiger charge is -2.26. The number of nitrogens with one attached hydrogen (secondary N) is 2. The first-order valence-electron chi connectivity index (χ1n) is 10.9. The summed E-state index contributed by atoms with van der Waals surface area (Å²) < 4.78 is 14.1. The first-order valence-corrected chi connectivity index (χ1v) is 11.3. The van der Waals surface area contributed by atoms with Crippen LogP contribution in [0.1, 0.15) is 40.4 Å². The molecular formula is C23H24ClFN6O4. The van der Waals surface area contributed by atoms with E-state index in [2.05, 4.69) is 10.7 Å². The second-order valence-corrected chi connectivity index (χ2v) is 8.84. The molecule has 0 aromatic heterocycles. The number of fused-ring (bicyclic) bond motifs is 1. The molecule has 184 valence electrons. The van der Waals surface area contributed by atoms with Crippen LogP contribution in [0, 0.1) is 5.82 Å². The van der Waals surface area contributed by atoms with Gasteiger partial charge < -0.3 is 21.7 Å². The highest BCUT2D eigenvalue weighted by Gasteiger charge is 2.38. The fourth-order valence-electron chi connectivity index (χ4n) is 3.95. The summed E-state index contributed by atoms with van der Waals surface area (Å²) in [6, 6.07) is 8.02. The third kappa shape index (κ3) is 5.36. The molecule has 1 saturated carbocycles. The summed E-state index contributed by atoms with van der Waals surface area (Å²) in [6.07, 6.45) is 1.52. The first kappa shape index (κ1) is 24.4. The van der Waals surface area contributed by atoms with E-state index in [9.17, 15) is 23.6 Å². The minimum Gasteiger partial charge on any atom is -0.368 e. The molecule has 2 aromatic carbocycles. The van der Waals surface area contributed by atoms with E-state index >= 15 is 0 Å². The quantitative estimate of drug-likeness (QED) is 0.397. The van der Waals surface area contributed by atoms with Crippen LogP contribution in [0.4, 0.5) is 10.1 Å². The Morgan fingerprint density at radius 1 is 1.17 bits per heavy atom. The van der Waals surface area contributed by atoms with Crippen LogP contribution in [-0.2, 0) is 20.9 Å². The summed E-state index contributed by atoms with van der Waals surface area (Å²) >= 11 is 5.77.